The highest BCUT2D eigenvalue weighted by Crippen LogP contribution is 2.37. The number of hydrogen-bond donors (Lipinski definition) is 0. The van der Waals surface area contributed by atoms with E-state index >= 15 is 0 Å². The molecule has 0 saturated heterocycles. The van der Waals surface area contributed by atoms with Crippen molar-refractivity contribution in [2.75, 3.05) is 6.61 Å². The minimum atomic E-state index is -1.53. The fourth-order valence-corrected chi connectivity index (χ4v) is 2.87. The lowest BCUT2D eigenvalue weighted by atomic mass is 10.0. The second-order valence-corrected chi connectivity index (χ2v) is 11.5. The van der Waals surface area contributed by atoms with E-state index in [1.807, 2.05) is 0 Å². The summed E-state index contributed by atoms with van der Waals surface area (Å²) in [6.07, 6.45) is 8.24. The van der Waals surface area contributed by atoms with Crippen LogP contribution in [0.15, 0.2) is 0 Å². The van der Waals surface area contributed by atoms with Crippen LogP contribution in [0.1, 0.15) is 59.3 Å². The van der Waals surface area contributed by atoms with Crippen LogP contribution >= 0.6 is 0 Å². The average Bonchev–Trinajstić information content (AvgIpc) is 2.41. The molecule has 95 valence electrons. The van der Waals surface area contributed by atoms with Crippen molar-refractivity contribution >= 4 is 8.32 Å². The van der Waals surface area contributed by atoms with Crippen LogP contribution in [0.2, 0.25) is 18.1 Å². The van der Waals surface area contributed by atoms with Gasteiger partial charge in [-0.2, -0.15) is 0 Å². The maximum atomic E-state index is 6.29. The Labute approximate surface area is 103 Å². The lowest BCUT2D eigenvalue weighted by Gasteiger charge is -2.37. The Hall–Kier alpha value is 0.177. The highest BCUT2D eigenvalue weighted by molar-refractivity contribution is 6.74. The van der Waals surface area contributed by atoms with E-state index in [2.05, 4.69) is 33.9 Å². The van der Waals surface area contributed by atoms with Crippen LogP contribution in [-0.2, 0) is 4.43 Å². The molecule has 0 aromatic heterocycles. The van der Waals surface area contributed by atoms with Crippen LogP contribution in [0.4, 0.5) is 0 Å². The van der Waals surface area contributed by atoms with Crippen LogP contribution in [0.5, 0.6) is 0 Å². The second-order valence-electron chi connectivity index (χ2n) is 6.71. The van der Waals surface area contributed by atoms with Crippen molar-refractivity contribution in [1.82, 2.24) is 0 Å². The molecule has 0 unspecified atom stereocenters. The third kappa shape index (κ3) is 4.21. The van der Waals surface area contributed by atoms with E-state index in [9.17, 15) is 0 Å². The van der Waals surface area contributed by atoms with E-state index in [4.69, 9.17) is 4.43 Å². The molecule has 1 aliphatic carbocycles. The summed E-state index contributed by atoms with van der Waals surface area (Å²) >= 11 is 0. The van der Waals surface area contributed by atoms with Gasteiger partial charge in [0.2, 0.25) is 0 Å². The molecule has 16 heavy (non-hydrogen) atoms. The van der Waals surface area contributed by atoms with Gasteiger partial charge in [-0.25, -0.2) is 0 Å². The van der Waals surface area contributed by atoms with Crippen molar-refractivity contribution in [1.29, 1.82) is 0 Å². The number of hydrogen-bond acceptors (Lipinski definition) is 1. The highest BCUT2D eigenvalue weighted by Gasteiger charge is 2.37. The molecule has 1 rings (SSSR count). The summed E-state index contributed by atoms with van der Waals surface area (Å²) in [4.78, 5) is 0. The molecule has 0 N–H and O–H groups in total. The van der Waals surface area contributed by atoms with Crippen LogP contribution in [0.3, 0.4) is 0 Å². The SMILES string of the molecule is CC(C)(C)[Si](C)(C)OC[C]1CCCCCC1. The third-order valence-corrected chi connectivity index (χ3v) is 8.73. The Morgan fingerprint density at radius 2 is 1.50 bits per heavy atom. The first kappa shape index (κ1) is 14.2. The standard InChI is InChI=1S/C14H29OSi/c1-14(2,3)16(4,5)15-12-13-10-8-6-7-9-11-13/h6-12H2,1-5H3. The first-order valence-corrected chi connectivity index (χ1v) is 9.71. The van der Waals surface area contributed by atoms with Crippen LogP contribution in [-0.4, -0.2) is 14.9 Å². The van der Waals surface area contributed by atoms with Crippen molar-refractivity contribution in [3.63, 3.8) is 0 Å². The molecule has 1 saturated carbocycles. The molecule has 1 nitrogen and oxygen atoms in total. The van der Waals surface area contributed by atoms with Gasteiger partial charge in [-0.1, -0.05) is 46.5 Å². The van der Waals surface area contributed by atoms with Crippen LogP contribution in [0.25, 0.3) is 0 Å². The quantitative estimate of drug-likeness (QED) is 0.502. The molecule has 1 fully saturated rings. The molecular formula is C14H29OSi. The molecule has 2 heteroatoms. The predicted molar refractivity (Wildman–Crippen MR) is 74.1 cm³/mol. The molecule has 0 heterocycles. The Kier molecular flexibility index (Phi) is 5.05. The van der Waals surface area contributed by atoms with Gasteiger partial charge < -0.3 is 4.43 Å². The van der Waals surface area contributed by atoms with Gasteiger partial charge in [-0.3, -0.25) is 0 Å². The van der Waals surface area contributed by atoms with Crippen LogP contribution < -0.4 is 0 Å². The molecule has 0 amide bonds. The maximum absolute atomic E-state index is 6.29. The van der Waals surface area contributed by atoms with Gasteiger partial charge in [-0.05, 0) is 31.0 Å². The van der Waals surface area contributed by atoms with E-state index in [0.717, 1.165) is 6.61 Å². The second kappa shape index (κ2) is 5.68. The van der Waals surface area contributed by atoms with Gasteiger partial charge in [0.15, 0.2) is 8.32 Å². The summed E-state index contributed by atoms with van der Waals surface area (Å²) in [6.45, 7) is 12.6. The van der Waals surface area contributed by atoms with Crippen molar-refractivity contribution in [2.45, 2.75) is 77.4 Å². The average molecular weight is 241 g/mol. The van der Waals surface area contributed by atoms with Gasteiger partial charge in [-0.15, -0.1) is 0 Å². The topological polar surface area (TPSA) is 9.23 Å². The molecule has 0 aromatic carbocycles. The summed E-state index contributed by atoms with van der Waals surface area (Å²) in [7, 11) is -1.53. The molecule has 0 aromatic rings. The first-order chi connectivity index (χ1) is 7.33. The zero-order valence-corrected chi connectivity index (χ0v) is 12.9. The van der Waals surface area contributed by atoms with Crippen LogP contribution in [0, 0.1) is 5.92 Å². The van der Waals surface area contributed by atoms with E-state index in [-0.39, 0.29) is 0 Å². The highest BCUT2D eigenvalue weighted by atomic mass is 28.4. The van der Waals surface area contributed by atoms with Gasteiger partial charge in [0.05, 0.1) is 0 Å². The normalized spacial score (nSPS) is 20.8. The zero-order chi connectivity index (χ0) is 12.2. The van der Waals surface area contributed by atoms with Crippen molar-refractivity contribution in [3.8, 4) is 0 Å². The minimum absolute atomic E-state index is 0.346. The van der Waals surface area contributed by atoms with E-state index in [1.165, 1.54) is 38.5 Å². The first-order valence-electron chi connectivity index (χ1n) is 6.80. The molecule has 0 aliphatic heterocycles. The van der Waals surface area contributed by atoms with Gasteiger partial charge in [0.25, 0.3) is 0 Å². The largest absolute Gasteiger partial charge is 0.416 e. The summed E-state index contributed by atoms with van der Waals surface area (Å²) in [6, 6.07) is 0. The Balaban J connectivity index is 2.37. The Morgan fingerprint density at radius 1 is 1.00 bits per heavy atom. The minimum Gasteiger partial charge on any atom is -0.416 e. The zero-order valence-electron chi connectivity index (χ0n) is 11.9. The fraction of sp³-hybridized carbons (Fsp3) is 0.929. The Morgan fingerprint density at radius 3 is 1.94 bits per heavy atom. The smallest absolute Gasteiger partial charge is 0.192 e. The van der Waals surface area contributed by atoms with E-state index < -0.39 is 8.32 Å². The lowest BCUT2D eigenvalue weighted by Crippen LogP contribution is -2.41. The monoisotopic (exact) mass is 241 g/mol. The van der Waals surface area contributed by atoms with Gasteiger partial charge >= 0.3 is 0 Å². The van der Waals surface area contributed by atoms with E-state index in [0.29, 0.717) is 5.04 Å². The maximum Gasteiger partial charge on any atom is 0.192 e. The molecule has 0 bridgehead atoms. The number of rotatable bonds is 3. The molecular weight excluding hydrogens is 212 g/mol. The molecule has 1 aliphatic rings. The summed E-state index contributed by atoms with van der Waals surface area (Å²) in [5, 5.41) is 0.346. The lowest BCUT2D eigenvalue weighted by molar-refractivity contribution is 0.288. The molecule has 0 atom stereocenters. The van der Waals surface area contributed by atoms with Crippen molar-refractivity contribution in [3.05, 3.63) is 5.92 Å². The van der Waals surface area contributed by atoms with E-state index in [1.54, 1.807) is 5.92 Å². The Bertz CT molecular complexity index is 197. The van der Waals surface area contributed by atoms with Gasteiger partial charge in [0.1, 0.15) is 0 Å². The summed E-state index contributed by atoms with van der Waals surface area (Å²) in [5.74, 6) is 1.67. The van der Waals surface area contributed by atoms with Crippen molar-refractivity contribution in [2.24, 2.45) is 0 Å². The molecule has 1 radical (unpaired) electrons. The van der Waals surface area contributed by atoms with Gasteiger partial charge in [0, 0.05) is 12.5 Å². The predicted octanol–water partition coefficient (Wildman–Crippen LogP) is 4.94. The summed E-state index contributed by atoms with van der Waals surface area (Å²) in [5.41, 5.74) is 0. The summed E-state index contributed by atoms with van der Waals surface area (Å²) < 4.78 is 6.29. The molecule has 0 spiro atoms. The fourth-order valence-electron chi connectivity index (χ4n) is 1.87. The van der Waals surface area contributed by atoms with Crippen molar-refractivity contribution < 1.29 is 4.43 Å². The third-order valence-electron chi connectivity index (χ3n) is 4.25.